The zero-order valence-electron chi connectivity index (χ0n) is 13.8. The number of aliphatic imine (C=N–C) groups is 2. The van der Waals surface area contributed by atoms with Crippen LogP contribution in [-0.2, 0) is 9.47 Å². The third kappa shape index (κ3) is 3.87. The molecule has 0 unspecified atom stereocenters. The molecule has 1 rings (SSSR count). The van der Waals surface area contributed by atoms with Crippen LogP contribution in [0.3, 0.4) is 0 Å². The van der Waals surface area contributed by atoms with E-state index in [-0.39, 0.29) is 6.04 Å². The molecule has 0 fully saturated rings. The van der Waals surface area contributed by atoms with Crippen molar-refractivity contribution >= 4 is 11.8 Å². The first-order valence-electron chi connectivity index (χ1n) is 7.31. The monoisotopic (exact) mass is 290 g/mol. The molecule has 0 spiro atoms. The van der Waals surface area contributed by atoms with Gasteiger partial charge < -0.3 is 9.47 Å². The molecule has 0 aromatic heterocycles. The molecule has 2 atom stereocenters. The second-order valence-corrected chi connectivity index (χ2v) is 5.44. The number of ether oxygens (including phenoxy) is 2. The van der Waals surface area contributed by atoms with Crippen LogP contribution in [0.1, 0.15) is 40.0 Å². The van der Waals surface area contributed by atoms with Gasteiger partial charge in [0.25, 0.3) is 0 Å². The molecule has 0 saturated heterocycles. The Morgan fingerprint density at radius 2 is 2.10 bits per heavy atom. The number of methoxy groups -OCH3 is 2. The SMILES string of the molecule is C=CCC[C@@]1(CC#CC)N=C(OC)[C@@H](C(C)C)N=C1OC. The van der Waals surface area contributed by atoms with Gasteiger partial charge in [-0.2, -0.15) is 0 Å². The summed E-state index contributed by atoms with van der Waals surface area (Å²) in [5, 5.41) is 0. The fourth-order valence-electron chi connectivity index (χ4n) is 2.41. The highest BCUT2D eigenvalue weighted by atomic mass is 16.5. The number of rotatable bonds is 5. The number of nitrogens with zero attached hydrogens (tertiary/aromatic N) is 2. The third-order valence-corrected chi connectivity index (χ3v) is 3.59. The molecule has 0 amide bonds. The molecule has 116 valence electrons. The lowest BCUT2D eigenvalue weighted by molar-refractivity contribution is 0.299. The van der Waals surface area contributed by atoms with Crippen LogP contribution in [0.15, 0.2) is 22.6 Å². The minimum Gasteiger partial charge on any atom is -0.483 e. The van der Waals surface area contributed by atoms with Gasteiger partial charge in [-0.05, 0) is 25.7 Å². The van der Waals surface area contributed by atoms with Gasteiger partial charge in [-0.3, -0.25) is 0 Å². The van der Waals surface area contributed by atoms with E-state index in [4.69, 9.17) is 19.5 Å². The van der Waals surface area contributed by atoms with E-state index >= 15 is 0 Å². The van der Waals surface area contributed by atoms with Gasteiger partial charge in [0.1, 0.15) is 6.04 Å². The van der Waals surface area contributed by atoms with E-state index in [2.05, 4.69) is 32.3 Å². The zero-order valence-corrected chi connectivity index (χ0v) is 13.8. The summed E-state index contributed by atoms with van der Waals surface area (Å²) in [6.07, 6.45) is 4.03. The third-order valence-electron chi connectivity index (χ3n) is 3.59. The average molecular weight is 290 g/mol. The van der Waals surface area contributed by atoms with Gasteiger partial charge in [0.05, 0.1) is 14.2 Å². The van der Waals surface area contributed by atoms with E-state index in [0.29, 0.717) is 24.1 Å². The largest absolute Gasteiger partial charge is 0.483 e. The van der Waals surface area contributed by atoms with Crippen molar-refractivity contribution in [2.45, 2.75) is 51.6 Å². The quantitative estimate of drug-likeness (QED) is 0.576. The Bertz CT molecular complexity index is 483. The molecule has 21 heavy (non-hydrogen) atoms. The maximum atomic E-state index is 5.56. The molecule has 0 aromatic carbocycles. The highest BCUT2D eigenvalue weighted by molar-refractivity contribution is 5.97. The summed E-state index contributed by atoms with van der Waals surface area (Å²) in [7, 11) is 3.29. The summed E-state index contributed by atoms with van der Waals surface area (Å²) in [5.41, 5.74) is -0.567. The van der Waals surface area contributed by atoms with Gasteiger partial charge in [-0.15, -0.1) is 18.4 Å². The lowest BCUT2D eigenvalue weighted by atomic mass is 9.87. The Balaban J connectivity index is 3.29. The van der Waals surface area contributed by atoms with Gasteiger partial charge >= 0.3 is 0 Å². The predicted molar refractivity (Wildman–Crippen MR) is 87.7 cm³/mol. The smallest absolute Gasteiger partial charge is 0.213 e. The Hall–Kier alpha value is -1.76. The maximum Gasteiger partial charge on any atom is 0.213 e. The first-order chi connectivity index (χ1) is 10.0. The fraction of sp³-hybridized carbons (Fsp3) is 0.647. The Kier molecular flexibility index (Phi) is 6.48. The van der Waals surface area contributed by atoms with Crippen LogP contribution in [0.25, 0.3) is 0 Å². The van der Waals surface area contributed by atoms with E-state index in [1.165, 1.54) is 0 Å². The molecule has 0 saturated carbocycles. The summed E-state index contributed by atoms with van der Waals surface area (Å²) in [6, 6.07) is -0.101. The molecular weight excluding hydrogens is 264 g/mol. The first-order valence-corrected chi connectivity index (χ1v) is 7.31. The van der Waals surface area contributed by atoms with Gasteiger partial charge in [0, 0.05) is 6.42 Å². The Labute approximate surface area is 128 Å². The van der Waals surface area contributed by atoms with Crippen LogP contribution in [0, 0.1) is 17.8 Å². The number of hydrogen-bond donors (Lipinski definition) is 0. The Morgan fingerprint density at radius 1 is 1.38 bits per heavy atom. The summed E-state index contributed by atoms with van der Waals surface area (Å²) >= 11 is 0. The zero-order chi connectivity index (χ0) is 15.9. The average Bonchev–Trinajstić information content (AvgIpc) is 2.50. The van der Waals surface area contributed by atoms with E-state index in [1.54, 1.807) is 14.2 Å². The molecule has 1 aliphatic heterocycles. The fourth-order valence-corrected chi connectivity index (χ4v) is 2.41. The van der Waals surface area contributed by atoms with Crippen LogP contribution in [0.2, 0.25) is 0 Å². The molecule has 0 radical (unpaired) electrons. The highest BCUT2D eigenvalue weighted by Crippen LogP contribution is 2.31. The van der Waals surface area contributed by atoms with Crippen LogP contribution in [-0.4, -0.2) is 37.6 Å². The van der Waals surface area contributed by atoms with Crippen molar-refractivity contribution < 1.29 is 9.47 Å². The van der Waals surface area contributed by atoms with Gasteiger partial charge in [-0.25, -0.2) is 9.98 Å². The molecule has 0 bridgehead atoms. The summed E-state index contributed by atoms with van der Waals surface area (Å²) in [5.74, 6) is 7.64. The van der Waals surface area contributed by atoms with E-state index in [0.717, 1.165) is 12.8 Å². The summed E-state index contributed by atoms with van der Waals surface area (Å²) in [4.78, 5) is 9.60. The van der Waals surface area contributed by atoms with Gasteiger partial charge in [-0.1, -0.05) is 19.9 Å². The van der Waals surface area contributed by atoms with Gasteiger partial charge in [0.2, 0.25) is 11.8 Å². The van der Waals surface area contributed by atoms with Crippen molar-refractivity contribution in [2.75, 3.05) is 14.2 Å². The molecule has 4 nitrogen and oxygen atoms in total. The van der Waals surface area contributed by atoms with Crippen molar-refractivity contribution in [3.63, 3.8) is 0 Å². The molecule has 0 N–H and O–H groups in total. The standard InChI is InChI=1S/C17H26N2O2/c1-7-9-11-17(12-10-8-2)16(21-6)18-14(13(3)4)15(19-17)20-5/h7,13-14H,1,9,11-12H2,2-6H3/t14-,17+/m1/s1. The topological polar surface area (TPSA) is 43.2 Å². The summed E-state index contributed by atoms with van der Waals surface area (Å²) in [6.45, 7) is 9.81. The minimum atomic E-state index is -0.567. The molecule has 0 aliphatic carbocycles. The lowest BCUT2D eigenvalue weighted by Gasteiger charge is -2.35. The number of hydrogen-bond acceptors (Lipinski definition) is 4. The minimum absolute atomic E-state index is 0.101. The van der Waals surface area contributed by atoms with Crippen molar-refractivity contribution in [2.24, 2.45) is 15.9 Å². The lowest BCUT2D eigenvalue weighted by Crippen LogP contribution is -2.46. The van der Waals surface area contributed by atoms with Crippen LogP contribution < -0.4 is 0 Å². The second kappa shape index (κ2) is 7.87. The molecule has 0 aromatic rings. The highest BCUT2D eigenvalue weighted by Gasteiger charge is 2.42. The second-order valence-electron chi connectivity index (χ2n) is 5.44. The molecule has 1 heterocycles. The van der Waals surface area contributed by atoms with E-state index < -0.39 is 5.54 Å². The van der Waals surface area contributed by atoms with Gasteiger partial charge in [0.15, 0.2) is 5.54 Å². The number of allylic oxidation sites excluding steroid dienone is 1. The van der Waals surface area contributed by atoms with Crippen LogP contribution in [0.5, 0.6) is 0 Å². The van der Waals surface area contributed by atoms with Crippen LogP contribution in [0.4, 0.5) is 0 Å². The van der Waals surface area contributed by atoms with Crippen molar-refractivity contribution in [3.05, 3.63) is 12.7 Å². The normalized spacial score (nSPS) is 24.6. The van der Waals surface area contributed by atoms with Crippen molar-refractivity contribution in [1.29, 1.82) is 0 Å². The Morgan fingerprint density at radius 3 is 2.57 bits per heavy atom. The van der Waals surface area contributed by atoms with E-state index in [1.807, 2.05) is 13.0 Å². The molecule has 1 aliphatic rings. The summed E-state index contributed by atoms with van der Waals surface area (Å²) < 4.78 is 11.0. The maximum absolute atomic E-state index is 5.56. The van der Waals surface area contributed by atoms with Crippen LogP contribution >= 0.6 is 0 Å². The molecular formula is C17H26N2O2. The van der Waals surface area contributed by atoms with Crippen molar-refractivity contribution in [1.82, 2.24) is 0 Å². The van der Waals surface area contributed by atoms with Crippen molar-refractivity contribution in [3.8, 4) is 11.8 Å². The van der Waals surface area contributed by atoms with E-state index in [9.17, 15) is 0 Å². The first kappa shape index (κ1) is 17.3. The predicted octanol–water partition coefficient (Wildman–Crippen LogP) is 3.23. The molecule has 4 heteroatoms.